The fraction of sp³-hybridized carbons (Fsp3) is 0.517. The second-order valence-electron chi connectivity index (χ2n) is 10.9. The number of amides is 2. The molecular weight excluding hydrogens is 491 g/mol. The fourth-order valence-electron chi connectivity index (χ4n) is 6.15. The second-order valence-corrected chi connectivity index (χ2v) is 11.8. The predicted molar refractivity (Wildman–Crippen MR) is 148 cm³/mol. The van der Waals surface area contributed by atoms with Crippen LogP contribution in [0, 0.1) is 17.2 Å². The topological polar surface area (TPSA) is 59.4 Å². The molecule has 1 unspecified atom stereocenters. The summed E-state index contributed by atoms with van der Waals surface area (Å²) in [6.07, 6.45) is 4.08. The van der Waals surface area contributed by atoms with Crippen LogP contribution in [0.25, 0.3) is 0 Å². The summed E-state index contributed by atoms with van der Waals surface area (Å²) in [5, 5.41) is 13.4. The largest absolute Gasteiger partial charge is 0.322 e. The van der Waals surface area contributed by atoms with Crippen LogP contribution in [-0.4, -0.2) is 47.0 Å². The second kappa shape index (κ2) is 11.0. The Bertz CT molecular complexity index is 1120. The summed E-state index contributed by atoms with van der Waals surface area (Å²) in [7, 11) is 0. The third-order valence-electron chi connectivity index (χ3n) is 8.02. The number of fused-ring (bicyclic) bond motifs is 1. The summed E-state index contributed by atoms with van der Waals surface area (Å²) in [5.41, 5.74) is 2.77. The molecule has 0 bridgehead atoms. The molecule has 0 radical (unpaired) electrons. The van der Waals surface area contributed by atoms with Crippen molar-refractivity contribution in [3.8, 4) is 6.07 Å². The molecule has 2 aliphatic carbocycles. The molecule has 2 saturated carbocycles. The molecule has 0 spiro atoms. The lowest BCUT2D eigenvalue weighted by atomic mass is 9.80. The van der Waals surface area contributed by atoms with Crippen LogP contribution in [0.5, 0.6) is 0 Å². The number of carbonyl (C=O) groups is 1. The van der Waals surface area contributed by atoms with E-state index in [2.05, 4.69) is 56.1 Å². The molecule has 2 aliphatic rings. The van der Waals surface area contributed by atoms with Gasteiger partial charge >= 0.3 is 6.03 Å². The SMILES string of the molecule is CC(C)N(CCN(C(=O)Nc1cc(Cl)cc(Cl)c1)[C@@H]1CC[C@]2(c3cccc(C#N)c3)CC2C1)C(C)C. The molecule has 5 nitrogen and oxygen atoms in total. The van der Waals surface area contributed by atoms with Gasteiger partial charge in [-0.05, 0) is 101 Å². The van der Waals surface area contributed by atoms with E-state index in [0.717, 1.165) is 37.8 Å². The number of nitrogens with zero attached hydrogens (tertiary/aromatic N) is 3. The van der Waals surface area contributed by atoms with Gasteiger partial charge < -0.3 is 10.2 Å². The van der Waals surface area contributed by atoms with Crippen LogP contribution in [0.1, 0.15) is 64.5 Å². The Morgan fingerprint density at radius 1 is 1.11 bits per heavy atom. The Morgan fingerprint density at radius 3 is 2.42 bits per heavy atom. The number of carbonyl (C=O) groups excluding carboxylic acids is 1. The van der Waals surface area contributed by atoms with Crippen molar-refractivity contribution in [2.75, 3.05) is 18.4 Å². The molecule has 4 rings (SSSR count). The molecule has 192 valence electrons. The zero-order valence-electron chi connectivity index (χ0n) is 21.6. The number of hydrogen-bond donors (Lipinski definition) is 1. The minimum absolute atomic E-state index is 0.106. The lowest BCUT2D eigenvalue weighted by Crippen LogP contribution is -2.50. The first-order valence-corrected chi connectivity index (χ1v) is 13.7. The van der Waals surface area contributed by atoms with Gasteiger partial charge in [0.05, 0.1) is 11.6 Å². The maximum absolute atomic E-state index is 13.6. The van der Waals surface area contributed by atoms with E-state index in [9.17, 15) is 10.1 Å². The minimum atomic E-state index is -0.106. The number of anilines is 1. The number of rotatable bonds is 8. The van der Waals surface area contributed by atoms with Gasteiger partial charge in [0, 0.05) is 46.9 Å². The number of nitrogens with one attached hydrogen (secondary N) is 1. The van der Waals surface area contributed by atoms with Gasteiger partial charge in [-0.1, -0.05) is 35.3 Å². The Balaban J connectivity index is 1.51. The van der Waals surface area contributed by atoms with E-state index in [0.29, 0.717) is 40.3 Å². The van der Waals surface area contributed by atoms with Crippen LogP contribution in [0.3, 0.4) is 0 Å². The molecule has 2 aromatic carbocycles. The van der Waals surface area contributed by atoms with Crippen molar-refractivity contribution in [1.29, 1.82) is 5.26 Å². The van der Waals surface area contributed by atoms with Crippen LogP contribution in [0.4, 0.5) is 10.5 Å². The maximum Gasteiger partial charge on any atom is 0.322 e. The van der Waals surface area contributed by atoms with Crippen molar-refractivity contribution >= 4 is 34.9 Å². The highest BCUT2D eigenvalue weighted by Crippen LogP contribution is 2.62. The summed E-state index contributed by atoms with van der Waals surface area (Å²) >= 11 is 12.4. The summed E-state index contributed by atoms with van der Waals surface area (Å²) in [6, 6.07) is 16.3. The quantitative estimate of drug-likeness (QED) is 0.391. The van der Waals surface area contributed by atoms with E-state index in [1.165, 1.54) is 5.56 Å². The normalized spacial score (nSPS) is 22.9. The lowest BCUT2D eigenvalue weighted by Gasteiger charge is -2.39. The summed E-state index contributed by atoms with van der Waals surface area (Å²) in [5.74, 6) is 0.535. The van der Waals surface area contributed by atoms with Gasteiger partial charge in [0.1, 0.15) is 0 Å². The van der Waals surface area contributed by atoms with Crippen LogP contribution in [-0.2, 0) is 5.41 Å². The molecule has 0 saturated heterocycles. The average Bonchev–Trinajstić information content (AvgIpc) is 3.55. The zero-order chi connectivity index (χ0) is 26.0. The molecule has 0 heterocycles. The van der Waals surface area contributed by atoms with Crippen molar-refractivity contribution in [2.24, 2.45) is 5.92 Å². The van der Waals surface area contributed by atoms with Crippen LogP contribution >= 0.6 is 23.2 Å². The number of nitriles is 1. The highest BCUT2D eigenvalue weighted by atomic mass is 35.5. The fourth-order valence-corrected chi connectivity index (χ4v) is 6.68. The van der Waals surface area contributed by atoms with Gasteiger partial charge in [0.25, 0.3) is 0 Å². The molecule has 7 heteroatoms. The molecule has 2 amide bonds. The Hall–Kier alpha value is -2.26. The van der Waals surface area contributed by atoms with Gasteiger partial charge in [0.2, 0.25) is 0 Å². The first-order chi connectivity index (χ1) is 17.1. The first-order valence-electron chi connectivity index (χ1n) is 12.9. The highest BCUT2D eigenvalue weighted by molar-refractivity contribution is 6.35. The number of urea groups is 1. The van der Waals surface area contributed by atoms with Gasteiger partial charge in [0.15, 0.2) is 0 Å². The van der Waals surface area contributed by atoms with Crippen LogP contribution in [0.15, 0.2) is 42.5 Å². The lowest BCUT2D eigenvalue weighted by molar-refractivity contribution is 0.120. The summed E-state index contributed by atoms with van der Waals surface area (Å²) in [4.78, 5) is 18.1. The third kappa shape index (κ3) is 5.83. The maximum atomic E-state index is 13.6. The molecule has 3 atom stereocenters. The predicted octanol–water partition coefficient (Wildman–Crippen LogP) is 7.33. The Kier molecular flexibility index (Phi) is 8.19. The van der Waals surface area contributed by atoms with Crippen molar-refractivity contribution < 1.29 is 4.79 Å². The molecule has 2 fully saturated rings. The van der Waals surface area contributed by atoms with E-state index in [4.69, 9.17) is 23.2 Å². The van der Waals surface area contributed by atoms with E-state index in [-0.39, 0.29) is 17.5 Å². The minimum Gasteiger partial charge on any atom is -0.320 e. The van der Waals surface area contributed by atoms with E-state index < -0.39 is 0 Å². The van der Waals surface area contributed by atoms with Crippen molar-refractivity contribution in [2.45, 2.75) is 76.9 Å². The van der Waals surface area contributed by atoms with Gasteiger partial charge in [-0.15, -0.1) is 0 Å². The summed E-state index contributed by atoms with van der Waals surface area (Å²) < 4.78 is 0. The van der Waals surface area contributed by atoms with Crippen molar-refractivity contribution in [1.82, 2.24) is 9.80 Å². The molecule has 36 heavy (non-hydrogen) atoms. The van der Waals surface area contributed by atoms with Gasteiger partial charge in [-0.3, -0.25) is 4.90 Å². The number of halogens is 2. The molecule has 0 aliphatic heterocycles. The molecular formula is C29H36Cl2N4O. The van der Waals surface area contributed by atoms with E-state index in [1.807, 2.05) is 17.0 Å². The van der Waals surface area contributed by atoms with Gasteiger partial charge in [-0.2, -0.15) is 5.26 Å². The average molecular weight is 528 g/mol. The number of benzene rings is 2. The number of hydrogen-bond acceptors (Lipinski definition) is 3. The van der Waals surface area contributed by atoms with Gasteiger partial charge in [-0.25, -0.2) is 4.79 Å². The summed E-state index contributed by atoms with van der Waals surface area (Å²) in [6.45, 7) is 10.3. The third-order valence-corrected chi connectivity index (χ3v) is 8.46. The zero-order valence-corrected chi connectivity index (χ0v) is 23.1. The first kappa shape index (κ1) is 26.8. The Morgan fingerprint density at radius 2 is 1.81 bits per heavy atom. The highest BCUT2D eigenvalue weighted by Gasteiger charge is 2.58. The standard InChI is InChI=1S/C29H36Cl2N4O/c1-19(2)34(20(3)4)10-11-35(28(36)33-26-15-24(30)14-25(31)16-26)27-8-9-29(17-23(29)13-27)22-7-5-6-21(12-22)18-32/h5-7,12,14-16,19-20,23,27H,8-11,13,17H2,1-4H3,(H,33,36)/t23?,27-,29-/m1/s1. The van der Waals surface area contributed by atoms with Crippen LogP contribution in [0.2, 0.25) is 10.0 Å². The Labute approximate surface area is 225 Å². The molecule has 1 N–H and O–H groups in total. The van der Waals surface area contributed by atoms with E-state index in [1.54, 1.807) is 18.2 Å². The molecule has 2 aromatic rings. The van der Waals surface area contributed by atoms with E-state index >= 15 is 0 Å². The van der Waals surface area contributed by atoms with Crippen LogP contribution < -0.4 is 5.32 Å². The van der Waals surface area contributed by atoms with Crippen molar-refractivity contribution in [3.63, 3.8) is 0 Å². The smallest absolute Gasteiger partial charge is 0.320 e. The van der Waals surface area contributed by atoms with Crippen molar-refractivity contribution in [3.05, 3.63) is 63.6 Å². The molecule has 0 aromatic heterocycles. The monoisotopic (exact) mass is 526 g/mol.